The summed E-state index contributed by atoms with van der Waals surface area (Å²) in [5.74, 6) is 0.542. The van der Waals surface area contributed by atoms with Gasteiger partial charge in [0.25, 0.3) is 5.95 Å². The van der Waals surface area contributed by atoms with E-state index in [1.807, 2.05) is 19.1 Å². The van der Waals surface area contributed by atoms with E-state index in [1.54, 1.807) is 19.2 Å². The van der Waals surface area contributed by atoms with Crippen LogP contribution in [0.5, 0.6) is 0 Å². The molecule has 0 atom stereocenters. The molecule has 1 aromatic heterocycles. The summed E-state index contributed by atoms with van der Waals surface area (Å²) >= 11 is 5.86. The van der Waals surface area contributed by atoms with Gasteiger partial charge in [-0.2, -0.15) is 0 Å². The SMILES string of the molecule is CN=C(N)NNc1nnc(-c2ccc(Cl)cc2)c(C)n1. The van der Waals surface area contributed by atoms with Crippen LogP contribution in [0.25, 0.3) is 11.3 Å². The Labute approximate surface area is 121 Å². The van der Waals surface area contributed by atoms with Crippen molar-refractivity contribution in [2.24, 2.45) is 10.7 Å². The number of nitrogens with one attached hydrogen (secondary N) is 2. The molecule has 1 aromatic carbocycles. The van der Waals surface area contributed by atoms with Crippen molar-refractivity contribution >= 4 is 23.5 Å². The van der Waals surface area contributed by atoms with Crippen molar-refractivity contribution in [3.8, 4) is 11.3 Å². The van der Waals surface area contributed by atoms with Gasteiger partial charge in [0.15, 0.2) is 0 Å². The average Bonchev–Trinajstić information content (AvgIpc) is 2.46. The standard InChI is InChI=1S/C12H14ClN7/c1-7-10(8-3-5-9(13)6-4-8)17-19-12(16-7)20-18-11(14)15-2/h3-6H,1-2H3,(H3,14,15,18)(H,16,19,20). The highest BCUT2D eigenvalue weighted by Crippen LogP contribution is 2.21. The molecule has 0 aliphatic carbocycles. The first kappa shape index (κ1) is 14.0. The zero-order valence-corrected chi connectivity index (χ0v) is 11.8. The molecule has 0 bridgehead atoms. The average molecular weight is 292 g/mol. The number of hydrazine groups is 1. The predicted octanol–water partition coefficient (Wildman–Crippen LogP) is 1.36. The largest absolute Gasteiger partial charge is 0.369 e. The van der Waals surface area contributed by atoms with E-state index in [1.165, 1.54) is 0 Å². The lowest BCUT2D eigenvalue weighted by atomic mass is 10.1. The number of aromatic nitrogens is 3. The molecule has 2 aromatic rings. The highest BCUT2D eigenvalue weighted by atomic mass is 35.5. The van der Waals surface area contributed by atoms with Crippen molar-refractivity contribution < 1.29 is 0 Å². The summed E-state index contributed by atoms with van der Waals surface area (Å²) < 4.78 is 0. The second-order valence-electron chi connectivity index (χ2n) is 3.94. The van der Waals surface area contributed by atoms with Crippen LogP contribution in [0.4, 0.5) is 5.95 Å². The molecule has 0 fully saturated rings. The zero-order valence-electron chi connectivity index (χ0n) is 11.1. The molecular weight excluding hydrogens is 278 g/mol. The molecule has 4 N–H and O–H groups in total. The van der Waals surface area contributed by atoms with Gasteiger partial charge in [-0.1, -0.05) is 23.7 Å². The van der Waals surface area contributed by atoms with E-state index in [-0.39, 0.29) is 5.96 Å². The fraction of sp³-hybridized carbons (Fsp3) is 0.167. The van der Waals surface area contributed by atoms with Crippen molar-refractivity contribution in [1.29, 1.82) is 0 Å². The van der Waals surface area contributed by atoms with E-state index in [2.05, 4.69) is 31.0 Å². The molecule has 0 amide bonds. The summed E-state index contributed by atoms with van der Waals surface area (Å²) in [6, 6.07) is 7.33. The van der Waals surface area contributed by atoms with Crippen LogP contribution < -0.4 is 16.6 Å². The van der Waals surface area contributed by atoms with E-state index in [9.17, 15) is 0 Å². The molecule has 0 unspecified atom stereocenters. The summed E-state index contributed by atoms with van der Waals surface area (Å²) in [5, 5.41) is 8.78. The number of aliphatic imine (C=N–C) groups is 1. The van der Waals surface area contributed by atoms with Gasteiger partial charge < -0.3 is 5.73 Å². The number of benzene rings is 1. The van der Waals surface area contributed by atoms with Gasteiger partial charge in [-0.15, -0.1) is 10.2 Å². The van der Waals surface area contributed by atoms with Crippen molar-refractivity contribution in [1.82, 2.24) is 20.6 Å². The van der Waals surface area contributed by atoms with Crippen LogP contribution >= 0.6 is 11.6 Å². The molecule has 0 saturated carbocycles. The normalized spacial score (nSPS) is 11.2. The maximum Gasteiger partial charge on any atom is 0.261 e. The highest BCUT2D eigenvalue weighted by molar-refractivity contribution is 6.30. The van der Waals surface area contributed by atoms with Gasteiger partial charge >= 0.3 is 0 Å². The Bertz CT molecular complexity index is 624. The molecule has 20 heavy (non-hydrogen) atoms. The van der Waals surface area contributed by atoms with Crippen LogP contribution in [0, 0.1) is 6.92 Å². The molecule has 8 heteroatoms. The lowest BCUT2D eigenvalue weighted by molar-refractivity contribution is 0.914. The van der Waals surface area contributed by atoms with Crippen LogP contribution in [0.1, 0.15) is 5.69 Å². The number of aryl methyl sites for hydroxylation is 1. The first-order chi connectivity index (χ1) is 9.60. The van der Waals surface area contributed by atoms with Crippen molar-refractivity contribution in [2.45, 2.75) is 6.92 Å². The van der Waals surface area contributed by atoms with Crippen LogP contribution in [0.2, 0.25) is 5.02 Å². The number of nitrogens with two attached hydrogens (primary N) is 1. The maximum atomic E-state index is 5.86. The minimum Gasteiger partial charge on any atom is -0.369 e. The molecule has 0 radical (unpaired) electrons. The first-order valence-electron chi connectivity index (χ1n) is 5.81. The van der Waals surface area contributed by atoms with Crippen molar-refractivity contribution in [2.75, 3.05) is 12.5 Å². The van der Waals surface area contributed by atoms with E-state index >= 15 is 0 Å². The Kier molecular flexibility index (Phi) is 4.31. The van der Waals surface area contributed by atoms with Crippen LogP contribution in [0.15, 0.2) is 29.3 Å². The van der Waals surface area contributed by atoms with E-state index in [0.29, 0.717) is 16.7 Å². The third kappa shape index (κ3) is 3.33. The number of halogens is 1. The minimum absolute atomic E-state index is 0.230. The third-order valence-electron chi connectivity index (χ3n) is 2.52. The van der Waals surface area contributed by atoms with Gasteiger partial charge in [0.05, 0.1) is 5.69 Å². The highest BCUT2D eigenvalue weighted by Gasteiger charge is 2.07. The molecule has 2 rings (SSSR count). The molecular formula is C12H14ClN7. The Morgan fingerprint density at radius 3 is 2.55 bits per heavy atom. The summed E-state index contributed by atoms with van der Waals surface area (Å²) in [6.07, 6.45) is 0. The smallest absolute Gasteiger partial charge is 0.261 e. The predicted molar refractivity (Wildman–Crippen MR) is 79.3 cm³/mol. The first-order valence-corrected chi connectivity index (χ1v) is 6.19. The summed E-state index contributed by atoms with van der Waals surface area (Å²) in [7, 11) is 1.57. The maximum absolute atomic E-state index is 5.86. The molecule has 0 aliphatic rings. The Balaban J connectivity index is 2.19. The van der Waals surface area contributed by atoms with E-state index in [4.69, 9.17) is 17.3 Å². The molecule has 0 saturated heterocycles. The monoisotopic (exact) mass is 291 g/mol. The number of anilines is 1. The molecule has 0 aliphatic heterocycles. The summed E-state index contributed by atoms with van der Waals surface area (Å²) in [4.78, 5) is 8.02. The Hall–Kier alpha value is -2.41. The number of nitrogens with zero attached hydrogens (tertiary/aromatic N) is 4. The molecule has 0 spiro atoms. The van der Waals surface area contributed by atoms with Gasteiger partial charge in [0, 0.05) is 17.6 Å². The topological polar surface area (TPSA) is 101 Å². The third-order valence-corrected chi connectivity index (χ3v) is 2.77. The number of guanidine groups is 1. The van der Waals surface area contributed by atoms with E-state index in [0.717, 1.165) is 11.3 Å². The molecule has 1 heterocycles. The van der Waals surface area contributed by atoms with Gasteiger partial charge in [-0.05, 0) is 19.1 Å². The van der Waals surface area contributed by atoms with Crippen molar-refractivity contribution in [3.63, 3.8) is 0 Å². The van der Waals surface area contributed by atoms with Gasteiger partial charge in [-0.3, -0.25) is 15.8 Å². The van der Waals surface area contributed by atoms with Crippen LogP contribution in [-0.2, 0) is 0 Å². The zero-order chi connectivity index (χ0) is 14.5. The molecule has 104 valence electrons. The van der Waals surface area contributed by atoms with Crippen LogP contribution in [-0.4, -0.2) is 28.2 Å². The lowest BCUT2D eigenvalue weighted by Gasteiger charge is -2.08. The number of hydrogen-bond donors (Lipinski definition) is 3. The molecule has 7 nitrogen and oxygen atoms in total. The van der Waals surface area contributed by atoms with Crippen molar-refractivity contribution in [3.05, 3.63) is 35.0 Å². The summed E-state index contributed by atoms with van der Waals surface area (Å²) in [5.41, 5.74) is 13.2. The lowest BCUT2D eigenvalue weighted by Crippen LogP contribution is -2.36. The quantitative estimate of drug-likeness (QED) is 0.448. The second kappa shape index (κ2) is 6.16. The van der Waals surface area contributed by atoms with Gasteiger partial charge in [0.2, 0.25) is 5.96 Å². The number of rotatable bonds is 3. The fourth-order valence-electron chi connectivity index (χ4n) is 1.51. The Morgan fingerprint density at radius 2 is 1.95 bits per heavy atom. The van der Waals surface area contributed by atoms with E-state index < -0.39 is 0 Å². The minimum atomic E-state index is 0.230. The van der Waals surface area contributed by atoms with Gasteiger partial charge in [0.1, 0.15) is 5.69 Å². The Morgan fingerprint density at radius 1 is 1.25 bits per heavy atom. The fourth-order valence-corrected chi connectivity index (χ4v) is 1.63. The second-order valence-corrected chi connectivity index (χ2v) is 4.37. The van der Waals surface area contributed by atoms with Crippen LogP contribution in [0.3, 0.4) is 0 Å². The summed E-state index contributed by atoms with van der Waals surface area (Å²) in [6.45, 7) is 1.85. The van der Waals surface area contributed by atoms with Gasteiger partial charge in [-0.25, -0.2) is 4.98 Å². The number of hydrogen-bond acceptors (Lipinski definition) is 5.